The lowest BCUT2D eigenvalue weighted by Crippen LogP contribution is -2.02. The lowest BCUT2D eigenvalue weighted by molar-refractivity contribution is 0.386. The van der Waals surface area contributed by atoms with Crippen molar-refractivity contribution in [2.75, 3.05) is 12.4 Å². The molecule has 1 aromatic heterocycles. The van der Waals surface area contributed by atoms with Crippen molar-refractivity contribution in [1.82, 2.24) is 4.57 Å². The molecule has 2 aromatic rings. The maximum Gasteiger partial charge on any atom is 0.167 e. The van der Waals surface area contributed by atoms with E-state index in [1.54, 1.807) is 12.1 Å². The summed E-state index contributed by atoms with van der Waals surface area (Å²) in [4.78, 5) is 0. The van der Waals surface area contributed by atoms with Gasteiger partial charge in [0.15, 0.2) is 11.6 Å². The Kier molecular flexibility index (Phi) is 3.94. The Balaban J connectivity index is 2.13. The number of nitrogens with one attached hydrogen (secondary N) is 1. The van der Waals surface area contributed by atoms with Crippen LogP contribution in [0.2, 0.25) is 0 Å². The van der Waals surface area contributed by atoms with Crippen molar-refractivity contribution in [3.63, 3.8) is 0 Å². The Morgan fingerprint density at radius 3 is 2.70 bits per heavy atom. The van der Waals surface area contributed by atoms with E-state index in [9.17, 15) is 4.39 Å². The predicted octanol–water partition coefficient (Wildman–Crippen LogP) is 2.97. The van der Waals surface area contributed by atoms with Crippen molar-refractivity contribution >= 4 is 5.69 Å². The molecular weight excluding hydrogens is 257 g/mol. The Morgan fingerprint density at radius 1 is 1.40 bits per heavy atom. The van der Waals surface area contributed by atoms with E-state index in [2.05, 4.69) is 11.4 Å². The zero-order valence-corrected chi connectivity index (χ0v) is 11.7. The summed E-state index contributed by atoms with van der Waals surface area (Å²) >= 11 is 0. The summed E-state index contributed by atoms with van der Waals surface area (Å²) in [7, 11) is 3.28. The molecule has 0 radical (unpaired) electrons. The molecule has 0 spiro atoms. The molecule has 4 nitrogen and oxygen atoms in total. The predicted molar refractivity (Wildman–Crippen MR) is 75.1 cm³/mol. The Bertz CT molecular complexity index is 670. The second kappa shape index (κ2) is 5.66. The van der Waals surface area contributed by atoms with Gasteiger partial charge in [-0.15, -0.1) is 0 Å². The molecule has 0 aliphatic carbocycles. The number of nitrogens with zero attached hydrogens (tertiary/aromatic N) is 2. The first-order chi connectivity index (χ1) is 9.56. The maximum atomic E-state index is 13.6. The van der Waals surface area contributed by atoms with Crippen LogP contribution in [-0.4, -0.2) is 11.7 Å². The zero-order valence-electron chi connectivity index (χ0n) is 11.7. The molecule has 0 aliphatic rings. The van der Waals surface area contributed by atoms with Crippen LogP contribution in [0.25, 0.3) is 0 Å². The zero-order chi connectivity index (χ0) is 14.7. The molecule has 0 bridgehead atoms. The molecule has 0 saturated heterocycles. The molecule has 2 rings (SSSR count). The second-order valence-corrected chi connectivity index (χ2v) is 4.51. The van der Waals surface area contributed by atoms with E-state index in [4.69, 9.17) is 10.00 Å². The minimum atomic E-state index is -0.403. The lowest BCUT2D eigenvalue weighted by Gasteiger charge is -2.08. The second-order valence-electron chi connectivity index (χ2n) is 4.51. The van der Waals surface area contributed by atoms with Crippen molar-refractivity contribution in [2.24, 2.45) is 7.05 Å². The van der Waals surface area contributed by atoms with Crippen molar-refractivity contribution in [2.45, 2.75) is 13.5 Å². The number of rotatable bonds is 4. The highest BCUT2D eigenvalue weighted by Gasteiger charge is 2.09. The normalized spacial score (nSPS) is 10.2. The molecule has 5 heteroatoms. The first-order valence-corrected chi connectivity index (χ1v) is 6.19. The number of benzene rings is 1. The van der Waals surface area contributed by atoms with Crippen molar-refractivity contribution in [3.8, 4) is 11.8 Å². The first-order valence-electron chi connectivity index (χ1n) is 6.19. The van der Waals surface area contributed by atoms with Gasteiger partial charge in [0.1, 0.15) is 11.8 Å². The lowest BCUT2D eigenvalue weighted by atomic mass is 10.2. The fraction of sp³-hybridized carbons (Fsp3) is 0.267. The molecule has 1 N–H and O–H groups in total. The number of methoxy groups -OCH3 is 1. The average Bonchev–Trinajstić information content (AvgIpc) is 2.72. The van der Waals surface area contributed by atoms with E-state index in [1.807, 2.05) is 24.6 Å². The van der Waals surface area contributed by atoms with Crippen LogP contribution in [0.5, 0.6) is 5.75 Å². The van der Waals surface area contributed by atoms with Crippen LogP contribution in [0.3, 0.4) is 0 Å². The first kappa shape index (κ1) is 13.9. The molecular formula is C15H16FN3O. The summed E-state index contributed by atoms with van der Waals surface area (Å²) in [5.74, 6) is -0.182. The molecule has 0 saturated carbocycles. The van der Waals surface area contributed by atoms with Crippen LogP contribution in [0, 0.1) is 24.1 Å². The fourth-order valence-electron chi connectivity index (χ4n) is 2.02. The van der Waals surface area contributed by atoms with Gasteiger partial charge in [-0.05, 0) is 30.7 Å². The molecule has 0 aliphatic heterocycles. The van der Waals surface area contributed by atoms with Crippen LogP contribution in [-0.2, 0) is 13.6 Å². The van der Waals surface area contributed by atoms with Gasteiger partial charge in [-0.2, -0.15) is 5.26 Å². The SMILES string of the molecule is COc1ccc(NCc2cc(C#N)n(C)c2C)cc1F. The van der Waals surface area contributed by atoms with Crippen molar-refractivity contribution < 1.29 is 9.13 Å². The molecule has 1 aromatic carbocycles. The van der Waals surface area contributed by atoms with E-state index in [0.717, 1.165) is 11.3 Å². The number of ether oxygens (including phenoxy) is 1. The highest BCUT2D eigenvalue weighted by atomic mass is 19.1. The summed E-state index contributed by atoms with van der Waals surface area (Å²) < 4.78 is 20.3. The molecule has 0 atom stereocenters. The quantitative estimate of drug-likeness (QED) is 0.931. The monoisotopic (exact) mass is 273 g/mol. The van der Waals surface area contributed by atoms with Gasteiger partial charge < -0.3 is 14.6 Å². The van der Waals surface area contributed by atoms with Gasteiger partial charge in [0.05, 0.1) is 7.11 Å². The number of halogens is 1. The summed E-state index contributed by atoms with van der Waals surface area (Å²) in [6, 6.07) is 8.70. The molecule has 0 amide bonds. The number of anilines is 1. The number of nitriles is 1. The minimum absolute atomic E-state index is 0.221. The third-order valence-electron chi connectivity index (χ3n) is 3.39. The molecule has 20 heavy (non-hydrogen) atoms. The molecule has 0 fully saturated rings. The van der Waals surface area contributed by atoms with Crippen LogP contribution >= 0.6 is 0 Å². The maximum absolute atomic E-state index is 13.6. The summed E-state index contributed by atoms with van der Waals surface area (Å²) in [6.45, 7) is 2.49. The van der Waals surface area contributed by atoms with Crippen LogP contribution in [0.1, 0.15) is 17.0 Å². The van der Waals surface area contributed by atoms with E-state index < -0.39 is 5.82 Å². The largest absolute Gasteiger partial charge is 0.494 e. The van der Waals surface area contributed by atoms with Gasteiger partial charge in [-0.3, -0.25) is 0 Å². The highest BCUT2D eigenvalue weighted by molar-refractivity contribution is 5.48. The van der Waals surface area contributed by atoms with Gasteiger partial charge in [0.2, 0.25) is 0 Å². The number of aromatic nitrogens is 1. The average molecular weight is 273 g/mol. The van der Waals surface area contributed by atoms with E-state index in [1.165, 1.54) is 13.2 Å². The number of hydrogen-bond donors (Lipinski definition) is 1. The van der Waals surface area contributed by atoms with Crippen LogP contribution in [0.4, 0.5) is 10.1 Å². The minimum Gasteiger partial charge on any atom is -0.494 e. The smallest absolute Gasteiger partial charge is 0.167 e. The molecule has 1 heterocycles. The van der Waals surface area contributed by atoms with Gasteiger partial charge in [0.25, 0.3) is 0 Å². The molecule has 104 valence electrons. The van der Waals surface area contributed by atoms with Gasteiger partial charge >= 0.3 is 0 Å². The summed E-state index contributed by atoms with van der Waals surface area (Å²) in [5, 5.41) is 12.1. The Labute approximate surface area is 117 Å². The Morgan fingerprint density at radius 2 is 2.15 bits per heavy atom. The van der Waals surface area contributed by atoms with Crippen molar-refractivity contribution in [3.05, 3.63) is 47.0 Å². The topological polar surface area (TPSA) is 50.0 Å². The van der Waals surface area contributed by atoms with E-state index in [-0.39, 0.29) is 5.75 Å². The third kappa shape index (κ3) is 2.59. The van der Waals surface area contributed by atoms with E-state index in [0.29, 0.717) is 17.9 Å². The molecule has 0 unspecified atom stereocenters. The van der Waals surface area contributed by atoms with Gasteiger partial charge in [0, 0.05) is 31.0 Å². The third-order valence-corrected chi connectivity index (χ3v) is 3.39. The van der Waals surface area contributed by atoms with Crippen molar-refractivity contribution in [1.29, 1.82) is 5.26 Å². The summed E-state index contributed by atoms with van der Waals surface area (Å²) in [6.07, 6.45) is 0. The number of hydrogen-bond acceptors (Lipinski definition) is 3. The Hall–Kier alpha value is -2.48. The van der Waals surface area contributed by atoms with Crippen LogP contribution in [0.15, 0.2) is 24.3 Å². The van der Waals surface area contributed by atoms with Gasteiger partial charge in [-0.1, -0.05) is 0 Å². The van der Waals surface area contributed by atoms with Crippen LogP contribution < -0.4 is 10.1 Å². The standard InChI is InChI=1S/C15H16FN3O/c1-10-11(6-13(8-17)19(10)2)9-18-12-4-5-15(20-3)14(16)7-12/h4-7,18H,9H2,1-3H3. The highest BCUT2D eigenvalue weighted by Crippen LogP contribution is 2.22. The fourth-order valence-corrected chi connectivity index (χ4v) is 2.02. The van der Waals surface area contributed by atoms with E-state index >= 15 is 0 Å². The summed E-state index contributed by atoms with van der Waals surface area (Å²) in [5.41, 5.74) is 3.31. The van der Waals surface area contributed by atoms with Gasteiger partial charge in [-0.25, -0.2) is 4.39 Å².